The van der Waals surface area contributed by atoms with Crippen LogP contribution in [0.15, 0.2) is 24.3 Å². The van der Waals surface area contributed by atoms with Gasteiger partial charge in [-0.2, -0.15) is 8.42 Å². The number of benzene rings is 1. The van der Waals surface area contributed by atoms with Crippen LogP contribution in [-0.2, 0) is 10.1 Å². The first kappa shape index (κ1) is 14.3. The van der Waals surface area contributed by atoms with Gasteiger partial charge in [0.1, 0.15) is 5.75 Å². The second-order valence-corrected chi connectivity index (χ2v) is 6.64. The molecule has 5 heteroatoms. The molecule has 1 heterocycles. The molecule has 0 radical (unpaired) electrons. The number of hydrogen-bond acceptors (Lipinski definition) is 4. The molecular formula is C14H21NO3S. The zero-order chi connectivity index (χ0) is 13.9. The Balaban J connectivity index is 2.07. The minimum Gasteiger partial charge on any atom is -0.383 e. The van der Waals surface area contributed by atoms with Gasteiger partial charge in [-0.05, 0) is 56.1 Å². The fraction of sp³-hybridized carbons (Fsp3) is 0.571. The van der Waals surface area contributed by atoms with E-state index in [9.17, 15) is 8.42 Å². The molecule has 2 rings (SSSR count). The van der Waals surface area contributed by atoms with E-state index in [-0.39, 0.29) is 0 Å². The molecular weight excluding hydrogens is 262 g/mol. The fourth-order valence-corrected chi connectivity index (χ4v) is 3.03. The third kappa shape index (κ3) is 4.21. The molecule has 0 aromatic heterocycles. The summed E-state index contributed by atoms with van der Waals surface area (Å²) < 4.78 is 27.2. The summed E-state index contributed by atoms with van der Waals surface area (Å²) in [7, 11) is -3.45. The minimum absolute atomic E-state index is 0.415. The van der Waals surface area contributed by atoms with Crippen molar-refractivity contribution in [3.05, 3.63) is 29.8 Å². The second kappa shape index (κ2) is 5.92. The monoisotopic (exact) mass is 283 g/mol. The van der Waals surface area contributed by atoms with Gasteiger partial charge in [0.25, 0.3) is 0 Å². The summed E-state index contributed by atoms with van der Waals surface area (Å²) in [6.45, 7) is 5.50. The molecule has 1 saturated heterocycles. The largest absolute Gasteiger partial charge is 0.383 e. The Labute approximate surface area is 115 Å². The van der Waals surface area contributed by atoms with Crippen molar-refractivity contribution >= 4 is 10.1 Å². The normalized spacial score (nSPS) is 18.4. The molecule has 1 aliphatic rings. The number of hydrogen-bond donors (Lipinski definition) is 0. The van der Waals surface area contributed by atoms with Crippen LogP contribution in [0.5, 0.6) is 5.75 Å². The molecule has 1 aliphatic heterocycles. The van der Waals surface area contributed by atoms with Crippen molar-refractivity contribution in [2.24, 2.45) is 0 Å². The molecule has 0 aliphatic carbocycles. The summed E-state index contributed by atoms with van der Waals surface area (Å²) in [6, 6.07) is 7.46. The van der Waals surface area contributed by atoms with Crippen molar-refractivity contribution in [1.82, 2.24) is 4.90 Å². The third-order valence-electron chi connectivity index (χ3n) is 3.61. The Bertz CT molecular complexity index is 519. The van der Waals surface area contributed by atoms with E-state index in [1.54, 1.807) is 6.07 Å². The summed E-state index contributed by atoms with van der Waals surface area (Å²) in [6.07, 6.45) is 3.31. The summed E-state index contributed by atoms with van der Waals surface area (Å²) in [4.78, 5) is 2.44. The van der Waals surface area contributed by atoms with Gasteiger partial charge in [-0.3, -0.25) is 0 Å². The van der Waals surface area contributed by atoms with E-state index in [4.69, 9.17) is 4.18 Å². The quantitative estimate of drug-likeness (QED) is 0.795. The van der Waals surface area contributed by atoms with E-state index in [1.165, 1.54) is 5.56 Å². The topological polar surface area (TPSA) is 46.6 Å². The maximum absolute atomic E-state index is 11.1. The van der Waals surface area contributed by atoms with Gasteiger partial charge in [0, 0.05) is 0 Å². The van der Waals surface area contributed by atoms with Crippen molar-refractivity contribution in [3.63, 3.8) is 0 Å². The van der Waals surface area contributed by atoms with E-state index in [1.807, 2.05) is 12.1 Å². The highest BCUT2D eigenvalue weighted by atomic mass is 32.2. The van der Waals surface area contributed by atoms with Gasteiger partial charge in [0.05, 0.1) is 6.26 Å². The SMILES string of the molecule is CCN1CCC(c2cccc(OS(C)(=O)=O)c2)CC1. The Kier molecular flexibility index (Phi) is 4.47. The lowest BCUT2D eigenvalue weighted by Gasteiger charge is -2.31. The second-order valence-electron chi connectivity index (χ2n) is 5.07. The van der Waals surface area contributed by atoms with Gasteiger partial charge in [-0.1, -0.05) is 19.1 Å². The lowest BCUT2D eigenvalue weighted by molar-refractivity contribution is 0.222. The predicted molar refractivity (Wildman–Crippen MR) is 76.0 cm³/mol. The van der Waals surface area contributed by atoms with E-state index < -0.39 is 10.1 Å². The van der Waals surface area contributed by atoms with Crippen molar-refractivity contribution in [2.75, 3.05) is 25.9 Å². The van der Waals surface area contributed by atoms with Crippen LogP contribution in [0.1, 0.15) is 31.2 Å². The average molecular weight is 283 g/mol. The molecule has 1 fully saturated rings. The highest BCUT2D eigenvalue weighted by molar-refractivity contribution is 7.86. The van der Waals surface area contributed by atoms with Gasteiger partial charge >= 0.3 is 10.1 Å². The van der Waals surface area contributed by atoms with Crippen LogP contribution in [-0.4, -0.2) is 39.2 Å². The molecule has 4 nitrogen and oxygen atoms in total. The molecule has 0 N–H and O–H groups in total. The average Bonchev–Trinajstić information content (AvgIpc) is 2.37. The standard InChI is InChI=1S/C14H21NO3S/c1-3-15-9-7-12(8-10-15)13-5-4-6-14(11-13)18-19(2,16)17/h4-6,11-12H,3,7-10H2,1-2H3. The van der Waals surface area contributed by atoms with E-state index >= 15 is 0 Å². The van der Waals surface area contributed by atoms with Crippen LogP contribution in [0.4, 0.5) is 0 Å². The molecule has 0 atom stereocenters. The number of nitrogens with zero attached hydrogens (tertiary/aromatic N) is 1. The number of rotatable bonds is 4. The summed E-state index contributed by atoms with van der Waals surface area (Å²) in [5.41, 5.74) is 1.18. The van der Waals surface area contributed by atoms with Crippen molar-refractivity contribution < 1.29 is 12.6 Å². The lowest BCUT2D eigenvalue weighted by Crippen LogP contribution is -2.32. The summed E-state index contributed by atoms with van der Waals surface area (Å²) in [5.74, 6) is 0.920. The molecule has 106 valence electrons. The molecule has 1 aromatic rings. The predicted octanol–water partition coefficient (Wildman–Crippen LogP) is 2.22. The Morgan fingerprint density at radius 2 is 2.00 bits per heavy atom. The molecule has 0 spiro atoms. The highest BCUT2D eigenvalue weighted by Crippen LogP contribution is 2.30. The first-order chi connectivity index (χ1) is 8.98. The number of piperidine rings is 1. The molecule has 0 amide bonds. The van der Waals surface area contributed by atoms with E-state index in [0.717, 1.165) is 38.7 Å². The molecule has 19 heavy (non-hydrogen) atoms. The van der Waals surface area contributed by atoms with Gasteiger partial charge in [0.15, 0.2) is 0 Å². The maximum atomic E-state index is 11.1. The third-order valence-corrected chi connectivity index (χ3v) is 4.11. The van der Waals surface area contributed by atoms with Crippen LogP contribution in [0.2, 0.25) is 0 Å². The van der Waals surface area contributed by atoms with E-state index in [2.05, 4.69) is 17.9 Å². The molecule has 0 bridgehead atoms. The first-order valence-corrected chi connectivity index (χ1v) is 8.51. The zero-order valence-electron chi connectivity index (χ0n) is 11.5. The van der Waals surface area contributed by atoms with Gasteiger partial charge in [-0.15, -0.1) is 0 Å². The van der Waals surface area contributed by atoms with Crippen molar-refractivity contribution in [1.29, 1.82) is 0 Å². The van der Waals surface area contributed by atoms with Gasteiger partial charge < -0.3 is 9.08 Å². The lowest BCUT2D eigenvalue weighted by atomic mass is 9.89. The number of likely N-dealkylation sites (tertiary alicyclic amines) is 1. The Morgan fingerprint density at radius 1 is 1.32 bits per heavy atom. The van der Waals surface area contributed by atoms with Crippen LogP contribution in [0.3, 0.4) is 0 Å². The Morgan fingerprint density at radius 3 is 2.58 bits per heavy atom. The molecule has 0 unspecified atom stereocenters. The van der Waals surface area contributed by atoms with Crippen LogP contribution >= 0.6 is 0 Å². The minimum atomic E-state index is -3.45. The zero-order valence-corrected chi connectivity index (χ0v) is 12.3. The molecule has 1 aromatic carbocycles. The van der Waals surface area contributed by atoms with Crippen molar-refractivity contribution in [3.8, 4) is 5.75 Å². The van der Waals surface area contributed by atoms with Crippen LogP contribution in [0, 0.1) is 0 Å². The maximum Gasteiger partial charge on any atom is 0.306 e. The first-order valence-electron chi connectivity index (χ1n) is 6.69. The van der Waals surface area contributed by atoms with Gasteiger partial charge in [0.2, 0.25) is 0 Å². The Hall–Kier alpha value is -1.07. The van der Waals surface area contributed by atoms with Crippen LogP contribution < -0.4 is 4.18 Å². The fourth-order valence-electron chi connectivity index (χ4n) is 2.58. The smallest absolute Gasteiger partial charge is 0.306 e. The molecule has 0 saturated carbocycles. The van der Waals surface area contributed by atoms with Crippen molar-refractivity contribution in [2.45, 2.75) is 25.7 Å². The highest BCUT2D eigenvalue weighted by Gasteiger charge is 2.20. The summed E-state index contributed by atoms with van der Waals surface area (Å²) >= 11 is 0. The van der Waals surface area contributed by atoms with E-state index in [0.29, 0.717) is 11.7 Å². The van der Waals surface area contributed by atoms with Gasteiger partial charge in [-0.25, -0.2) is 0 Å². The van der Waals surface area contributed by atoms with Crippen LogP contribution in [0.25, 0.3) is 0 Å². The summed E-state index contributed by atoms with van der Waals surface area (Å²) in [5, 5.41) is 0.